The zero-order valence-electron chi connectivity index (χ0n) is 22.7. The summed E-state index contributed by atoms with van der Waals surface area (Å²) in [5.41, 5.74) is 6.02. The Hall–Kier alpha value is -3.88. The Labute approximate surface area is 246 Å². The van der Waals surface area contributed by atoms with Crippen molar-refractivity contribution in [1.29, 1.82) is 0 Å². The molecule has 0 aliphatic carbocycles. The van der Waals surface area contributed by atoms with Gasteiger partial charge in [0.2, 0.25) is 5.91 Å². The monoisotopic (exact) mass is 619 g/mol. The van der Waals surface area contributed by atoms with Crippen molar-refractivity contribution in [2.45, 2.75) is 27.4 Å². The molecule has 3 aromatic carbocycles. The highest BCUT2D eigenvalue weighted by Crippen LogP contribution is 2.38. The molecule has 8 heteroatoms. The summed E-state index contributed by atoms with van der Waals surface area (Å²) in [6.07, 6.45) is 3.08. The van der Waals surface area contributed by atoms with Gasteiger partial charge in [0.25, 0.3) is 0 Å². The second-order valence-corrected chi connectivity index (χ2v) is 10.7. The van der Waals surface area contributed by atoms with Crippen LogP contribution in [0.25, 0.3) is 17.2 Å². The minimum atomic E-state index is -0.476. The Balaban J connectivity index is 1.53. The van der Waals surface area contributed by atoms with Crippen LogP contribution in [-0.4, -0.2) is 25.6 Å². The number of thiophene rings is 1. The van der Waals surface area contributed by atoms with Crippen molar-refractivity contribution in [3.8, 4) is 22.6 Å². The summed E-state index contributed by atoms with van der Waals surface area (Å²) < 4.78 is 17.6. The molecule has 0 aliphatic rings. The van der Waals surface area contributed by atoms with Crippen molar-refractivity contribution in [3.63, 3.8) is 0 Å². The van der Waals surface area contributed by atoms with Crippen molar-refractivity contribution in [1.82, 2.24) is 0 Å². The summed E-state index contributed by atoms with van der Waals surface area (Å²) in [4.78, 5) is 25.8. The van der Waals surface area contributed by atoms with Gasteiger partial charge in [-0.3, -0.25) is 4.79 Å². The fourth-order valence-corrected chi connectivity index (χ4v) is 5.54. The van der Waals surface area contributed by atoms with Crippen LogP contribution in [0.1, 0.15) is 39.5 Å². The number of rotatable bonds is 10. The average molecular weight is 621 g/mol. The van der Waals surface area contributed by atoms with E-state index in [1.807, 2.05) is 73.8 Å². The van der Waals surface area contributed by atoms with Gasteiger partial charge in [-0.1, -0.05) is 48.5 Å². The van der Waals surface area contributed by atoms with E-state index in [4.69, 9.17) is 14.2 Å². The number of amides is 1. The van der Waals surface area contributed by atoms with Gasteiger partial charge in [0.15, 0.2) is 11.5 Å². The number of nitrogens with one attached hydrogen (secondary N) is 1. The molecule has 0 saturated carbocycles. The normalized spacial score (nSPS) is 10.9. The first-order chi connectivity index (χ1) is 19.3. The maximum atomic E-state index is 12.9. The molecule has 4 rings (SSSR count). The van der Waals surface area contributed by atoms with Gasteiger partial charge < -0.3 is 19.5 Å². The van der Waals surface area contributed by atoms with Gasteiger partial charge in [0, 0.05) is 17.0 Å². The maximum absolute atomic E-state index is 12.9. The molecular weight excluding hydrogens is 590 g/mol. The van der Waals surface area contributed by atoms with Gasteiger partial charge in [-0.2, -0.15) is 0 Å². The number of esters is 1. The van der Waals surface area contributed by atoms with Gasteiger partial charge in [-0.05, 0) is 82.7 Å². The van der Waals surface area contributed by atoms with E-state index in [0.717, 1.165) is 33.4 Å². The molecule has 6 nitrogen and oxygen atoms in total. The Morgan fingerprint density at radius 3 is 2.50 bits per heavy atom. The van der Waals surface area contributed by atoms with Crippen LogP contribution in [0.4, 0.5) is 5.00 Å². The summed E-state index contributed by atoms with van der Waals surface area (Å²) in [5, 5.41) is 5.16. The van der Waals surface area contributed by atoms with Crippen molar-refractivity contribution in [3.05, 3.63) is 104 Å². The van der Waals surface area contributed by atoms with Gasteiger partial charge in [0.1, 0.15) is 17.2 Å². The third-order valence-electron chi connectivity index (χ3n) is 6.23. The van der Waals surface area contributed by atoms with Gasteiger partial charge >= 0.3 is 5.97 Å². The lowest BCUT2D eigenvalue weighted by molar-refractivity contribution is -0.111. The third kappa shape index (κ3) is 7.00. The molecule has 0 bridgehead atoms. The molecule has 0 unspecified atom stereocenters. The molecule has 0 fully saturated rings. The molecule has 0 atom stereocenters. The number of anilines is 1. The van der Waals surface area contributed by atoms with Gasteiger partial charge in [-0.25, -0.2) is 4.79 Å². The number of aryl methyl sites for hydroxylation is 2. The third-order valence-corrected chi connectivity index (χ3v) is 7.71. The highest BCUT2D eigenvalue weighted by atomic mass is 79.9. The first-order valence-electron chi connectivity index (χ1n) is 12.7. The number of benzene rings is 3. The molecule has 40 heavy (non-hydrogen) atoms. The number of halogens is 1. The van der Waals surface area contributed by atoms with E-state index >= 15 is 0 Å². The van der Waals surface area contributed by atoms with Crippen LogP contribution in [0.3, 0.4) is 0 Å². The topological polar surface area (TPSA) is 73.9 Å². The highest BCUT2D eigenvalue weighted by Gasteiger charge is 2.22. The van der Waals surface area contributed by atoms with Crippen LogP contribution < -0.4 is 14.8 Å². The van der Waals surface area contributed by atoms with E-state index in [2.05, 4.69) is 21.2 Å². The Morgan fingerprint density at radius 1 is 1.02 bits per heavy atom. The fourth-order valence-electron chi connectivity index (χ4n) is 4.01. The molecular formula is C32H30BrNO5S. The standard InChI is InChI=1S/C32H30BrNO5S/c1-5-38-32(36)29-25(24-13-11-20(2)21(3)15-24)19-40-31(29)34-28(35)14-12-23-16-26(33)30(27(17-23)37-4)39-18-22-9-7-6-8-10-22/h6-17,19H,5,18H2,1-4H3,(H,34,35)/b14-12+. The van der Waals surface area contributed by atoms with E-state index in [-0.39, 0.29) is 12.5 Å². The smallest absolute Gasteiger partial charge is 0.341 e. The lowest BCUT2D eigenvalue weighted by Gasteiger charge is -2.13. The summed E-state index contributed by atoms with van der Waals surface area (Å²) in [7, 11) is 1.57. The number of carbonyl (C=O) groups excluding carboxylic acids is 2. The maximum Gasteiger partial charge on any atom is 0.341 e. The van der Waals surface area contributed by atoms with Crippen LogP contribution in [0.15, 0.2) is 76.6 Å². The second kappa shape index (κ2) is 13.5. The van der Waals surface area contributed by atoms with E-state index < -0.39 is 5.97 Å². The van der Waals surface area contributed by atoms with Crippen molar-refractivity contribution in [2.75, 3.05) is 19.0 Å². The largest absolute Gasteiger partial charge is 0.493 e. The molecule has 0 spiro atoms. The molecule has 0 aliphatic heterocycles. The molecule has 206 valence electrons. The Bertz CT molecular complexity index is 1540. The Kier molecular flexibility index (Phi) is 9.79. The average Bonchev–Trinajstić information content (AvgIpc) is 3.36. The number of carbonyl (C=O) groups is 2. The van der Waals surface area contributed by atoms with Gasteiger partial charge in [0.05, 0.1) is 18.2 Å². The van der Waals surface area contributed by atoms with Crippen molar-refractivity contribution in [2.24, 2.45) is 0 Å². The number of ether oxygens (including phenoxy) is 3. The zero-order valence-corrected chi connectivity index (χ0v) is 25.1. The van der Waals surface area contributed by atoms with Crippen molar-refractivity contribution >= 4 is 50.2 Å². The second-order valence-electron chi connectivity index (χ2n) is 9.00. The quantitative estimate of drug-likeness (QED) is 0.143. The van der Waals surface area contributed by atoms with Crippen LogP contribution in [0.5, 0.6) is 11.5 Å². The number of hydrogen-bond donors (Lipinski definition) is 1. The first kappa shape index (κ1) is 29.1. The highest BCUT2D eigenvalue weighted by molar-refractivity contribution is 9.10. The molecule has 0 radical (unpaired) electrons. The van der Waals surface area contributed by atoms with E-state index in [1.165, 1.54) is 17.4 Å². The minimum Gasteiger partial charge on any atom is -0.493 e. The molecule has 1 heterocycles. The fraction of sp³-hybridized carbons (Fsp3) is 0.188. The van der Waals surface area contributed by atoms with Crippen molar-refractivity contribution < 1.29 is 23.8 Å². The van der Waals surface area contributed by atoms with E-state index in [9.17, 15) is 9.59 Å². The molecule has 1 N–H and O–H groups in total. The lowest BCUT2D eigenvalue weighted by Crippen LogP contribution is -2.12. The van der Waals surface area contributed by atoms with Crippen LogP contribution in [0.2, 0.25) is 0 Å². The van der Waals surface area contributed by atoms with E-state index in [1.54, 1.807) is 26.2 Å². The van der Waals surface area contributed by atoms with Gasteiger partial charge in [-0.15, -0.1) is 11.3 Å². The molecule has 0 saturated heterocycles. The molecule has 1 amide bonds. The predicted molar refractivity (Wildman–Crippen MR) is 164 cm³/mol. The minimum absolute atomic E-state index is 0.232. The SMILES string of the molecule is CCOC(=O)c1c(-c2ccc(C)c(C)c2)csc1NC(=O)/C=C/c1cc(Br)c(OCc2ccccc2)c(OC)c1. The molecule has 1 aromatic heterocycles. The summed E-state index contributed by atoms with van der Waals surface area (Å²) in [6.45, 7) is 6.44. The van der Waals surface area contributed by atoms with Crippen LogP contribution >= 0.6 is 27.3 Å². The van der Waals surface area contributed by atoms with Crippen LogP contribution in [0, 0.1) is 13.8 Å². The zero-order chi connectivity index (χ0) is 28.6. The van der Waals surface area contributed by atoms with E-state index in [0.29, 0.717) is 33.1 Å². The number of methoxy groups -OCH3 is 1. The summed E-state index contributed by atoms with van der Waals surface area (Å²) >= 11 is 4.85. The Morgan fingerprint density at radius 2 is 1.80 bits per heavy atom. The summed E-state index contributed by atoms with van der Waals surface area (Å²) in [6, 6.07) is 19.5. The predicted octanol–water partition coefficient (Wildman–Crippen LogP) is 8.21. The summed E-state index contributed by atoms with van der Waals surface area (Å²) in [5.74, 6) is 0.255. The lowest BCUT2D eigenvalue weighted by atomic mass is 9.99. The van der Waals surface area contributed by atoms with Crippen LogP contribution in [-0.2, 0) is 16.1 Å². The molecule has 4 aromatic rings. The number of hydrogen-bond acceptors (Lipinski definition) is 6. The first-order valence-corrected chi connectivity index (χ1v) is 14.4.